The van der Waals surface area contributed by atoms with Crippen LogP contribution in [0.3, 0.4) is 0 Å². The van der Waals surface area contributed by atoms with Gasteiger partial charge in [0.15, 0.2) is 0 Å². The van der Waals surface area contributed by atoms with Crippen LogP contribution < -0.4 is 0 Å². The average molecular weight is 230 g/mol. The zero-order chi connectivity index (χ0) is 11.4. The van der Waals surface area contributed by atoms with Crippen LogP contribution in [0.4, 0.5) is 4.39 Å². The van der Waals surface area contributed by atoms with Crippen LogP contribution in [-0.2, 0) is 0 Å². The van der Waals surface area contributed by atoms with E-state index in [-0.39, 0.29) is 17.0 Å². The van der Waals surface area contributed by atoms with Gasteiger partial charge in [-0.1, -0.05) is 11.6 Å². The Morgan fingerprint density at radius 2 is 2.13 bits per heavy atom. The molecule has 0 aliphatic rings. The minimum Gasteiger partial charge on any atom is -0.389 e. The van der Waals surface area contributed by atoms with Gasteiger partial charge in [0, 0.05) is 10.6 Å². The van der Waals surface area contributed by atoms with E-state index in [1.807, 2.05) is 0 Å². The summed E-state index contributed by atoms with van der Waals surface area (Å²) in [4.78, 5) is 0. The van der Waals surface area contributed by atoms with Crippen LogP contribution in [0.15, 0.2) is 18.2 Å². The summed E-state index contributed by atoms with van der Waals surface area (Å²) in [6, 6.07) is 5.17. The van der Waals surface area contributed by atoms with Gasteiger partial charge < -0.3 is 10.2 Å². The van der Waals surface area contributed by atoms with Crippen molar-refractivity contribution in [2.75, 3.05) is 0 Å². The second-order valence-electron chi connectivity index (χ2n) is 3.04. The Morgan fingerprint density at radius 3 is 2.73 bits per heavy atom. The fourth-order valence-corrected chi connectivity index (χ4v) is 1.38. The lowest BCUT2D eigenvalue weighted by Gasteiger charge is -2.16. The zero-order valence-electron chi connectivity index (χ0n) is 7.69. The van der Waals surface area contributed by atoms with Crippen LogP contribution in [-0.4, -0.2) is 16.3 Å². The number of halogens is 2. The predicted octanol–water partition coefficient (Wildman–Crippen LogP) is 1.79. The van der Waals surface area contributed by atoms with Crippen molar-refractivity contribution in [3.8, 4) is 6.07 Å². The van der Waals surface area contributed by atoms with Gasteiger partial charge >= 0.3 is 0 Å². The third kappa shape index (κ3) is 2.90. The monoisotopic (exact) mass is 229 g/mol. The number of nitrogens with zero attached hydrogens (tertiary/aromatic N) is 1. The summed E-state index contributed by atoms with van der Waals surface area (Å²) >= 11 is 5.71. The highest BCUT2D eigenvalue weighted by atomic mass is 35.5. The molecule has 0 saturated carbocycles. The van der Waals surface area contributed by atoms with Crippen LogP contribution >= 0.6 is 11.6 Å². The van der Waals surface area contributed by atoms with Crippen LogP contribution in [0, 0.1) is 17.1 Å². The van der Waals surface area contributed by atoms with Gasteiger partial charge in [-0.25, -0.2) is 4.39 Å². The number of nitriles is 1. The molecule has 1 aromatic carbocycles. The molecule has 5 heteroatoms. The Hall–Kier alpha value is -1.15. The van der Waals surface area contributed by atoms with Crippen molar-refractivity contribution < 1.29 is 14.6 Å². The number of rotatable bonds is 3. The van der Waals surface area contributed by atoms with Gasteiger partial charge in [-0.15, -0.1) is 0 Å². The highest BCUT2D eigenvalue weighted by molar-refractivity contribution is 6.31. The molecule has 2 N–H and O–H groups in total. The van der Waals surface area contributed by atoms with Crippen molar-refractivity contribution in [3.63, 3.8) is 0 Å². The van der Waals surface area contributed by atoms with Gasteiger partial charge in [-0.05, 0) is 18.2 Å². The lowest BCUT2D eigenvalue weighted by molar-refractivity contribution is 0.0215. The first-order chi connectivity index (χ1) is 7.06. The second-order valence-corrected chi connectivity index (χ2v) is 3.45. The smallest absolute Gasteiger partial charge is 0.123 e. The predicted molar refractivity (Wildman–Crippen MR) is 52.6 cm³/mol. The van der Waals surface area contributed by atoms with Crippen LogP contribution in [0.1, 0.15) is 18.1 Å². The van der Waals surface area contributed by atoms with Gasteiger partial charge in [0.2, 0.25) is 0 Å². The van der Waals surface area contributed by atoms with E-state index >= 15 is 0 Å². The van der Waals surface area contributed by atoms with Gasteiger partial charge in [0.05, 0.1) is 18.6 Å². The molecule has 0 heterocycles. The fourth-order valence-electron chi connectivity index (χ4n) is 1.15. The standard InChI is InChI=1S/C10H9ClFNO2/c11-8-2-1-6(12)5-7(8)10(15)9(14)3-4-13/h1-2,5,9-10,14-15H,3H2. The maximum atomic E-state index is 12.8. The Balaban J connectivity index is 2.95. The van der Waals surface area contributed by atoms with Gasteiger partial charge in [-0.2, -0.15) is 5.26 Å². The van der Waals surface area contributed by atoms with E-state index in [4.69, 9.17) is 16.9 Å². The maximum absolute atomic E-state index is 12.8. The van der Waals surface area contributed by atoms with Crippen LogP contribution in [0.25, 0.3) is 0 Å². The fraction of sp³-hybridized carbons (Fsp3) is 0.300. The van der Waals surface area contributed by atoms with Crippen molar-refractivity contribution in [3.05, 3.63) is 34.6 Å². The van der Waals surface area contributed by atoms with Gasteiger partial charge in [-0.3, -0.25) is 0 Å². The van der Waals surface area contributed by atoms with Crippen LogP contribution in [0.5, 0.6) is 0 Å². The van der Waals surface area contributed by atoms with E-state index in [1.165, 1.54) is 6.07 Å². The number of benzene rings is 1. The summed E-state index contributed by atoms with van der Waals surface area (Å²) in [5.41, 5.74) is 0.0828. The van der Waals surface area contributed by atoms with E-state index in [0.29, 0.717) is 0 Å². The quantitative estimate of drug-likeness (QED) is 0.831. The lowest BCUT2D eigenvalue weighted by Crippen LogP contribution is -2.17. The van der Waals surface area contributed by atoms with Crippen molar-refractivity contribution in [1.82, 2.24) is 0 Å². The molecule has 0 aromatic heterocycles. The molecule has 1 rings (SSSR count). The van der Waals surface area contributed by atoms with E-state index in [1.54, 1.807) is 6.07 Å². The molecule has 2 unspecified atom stereocenters. The molecular weight excluding hydrogens is 221 g/mol. The normalized spacial score (nSPS) is 14.3. The average Bonchev–Trinajstić information content (AvgIpc) is 2.21. The summed E-state index contributed by atoms with van der Waals surface area (Å²) in [7, 11) is 0. The number of hydrogen-bond acceptors (Lipinski definition) is 3. The third-order valence-corrected chi connectivity index (χ3v) is 2.29. The largest absolute Gasteiger partial charge is 0.389 e. The molecule has 0 aliphatic heterocycles. The summed E-state index contributed by atoms with van der Waals surface area (Å²) < 4.78 is 12.8. The van der Waals surface area contributed by atoms with Crippen molar-refractivity contribution in [2.24, 2.45) is 0 Å². The Labute approximate surface area is 91.3 Å². The van der Waals surface area contributed by atoms with Crippen molar-refractivity contribution in [2.45, 2.75) is 18.6 Å². The summed E-state index contributed by atoms with van der Waals surface area (Å²) in [6.07, 6.45) is -2.87. The molecule has 0 radical (unpaired) electrons. The molecule has 0 spiro atoms. The maximum Gasteiger partial charge on any atom is 0.123 e. The molecule has 15 heavy (non-hydrogen) atoms. The minimum atomic E-state index is -1.35. The van der Waals surface area contributed by atoms with Crippen molar-refractivity contribution >= 4 is 11.6 Å². The second kappa shape index (κ2) is 5.08. The third-order valence-electron chi connectivity index (χ3n) is 1.94. The number of aliphatic hydroxyl groups excluding tert-OH is 2. The van der Waals surface area contributed by atoms with E-state index in [2.05, 4.69) is 0 Å². The minimum absolute atomic E-state index is 0.0828. The lowest BCUT2D eigenvalue weighted by atomic mass is 10.0. The highest BCUT2D eigenvalue weighted by Crippen LogP contribution is 2.26. The van der Waals surface area contributed by atoms with E-state index < -0.39 is 18.0 Å². The molecular formula is C10H9ClFNO2. The topological polar surface area (TPSA) is 64.2 Å². The zero-order valence-corrected chi connectivity index (χ0v) is 8.45. The molecule has 0 aliphatic carbocycles. The molecule has 3 nitrogen and oxygen atoms in total. The van der Waals surface area contributed by atoms with Gasteiger partial charge in [0.1, 0.15) is 11.9 Å². The SMILES string of the molecule is N#CCC(O)C(O)c1cc(F)ccc1Cl. The first-order valence-corrected chi connectivity index (χ1v) is 4.62. The summed E-state index contributed by atoms with van der Waals surface area (Å²) in [6.45, 7) is 0. The number of hydrogen-bond donors (Lipinski definition) is 2. The first kappa shape index (κ1) is 11.9. The summed E-state index contributed by atoms with van der Waals surface area (Å²) in [5.74, 6) is -0.558. The highest BCUT2D eigenvalue weighted by Gasteiger charge is 2.20. The Morgan fingerprint density at radius 1 is 1.47 bits per heavy atom. The molecule has 2 atom stereocenters. The first-order valence-electron chi connectivity index (χ1n) is 4.24. The Bertz CT molecular complexity index is 391. The molecule has 0 fully saturated rings. The molecule has 1 aromatic rings. The van der Waals surface area contributed by atoms with Crippen molar-refractivity contribution in [1.29, 1.82) is 5.26 Å². The van der Waals surface area contributed by atoms with E-state index in [0.717, 1.165) is 12.1 Å². The summed E-state index contributed by atoms with van der Waals surface area (Å²) in [5, 5.41) is 27.4. The van der Waals surface area contributed by atoms with Crippen LogP contribution in [0.2, 0.25) is 5.02 Å². The van der Waals surface area contributed by atoms with E-state index in [9.17, 15) is 14.6 Å². The Kier molecular flexibility index (Phi) is 4.04. The molecule has 0 bridgehead atoms. The molecule has 0 amide bonds. The molecule has 0 saturated heterocycles. The number of aliphatic hydroxyl groups is 2. The van der Waals surface area contributed by atoms with Gasteiger partial charge in [0.25, 0.3) is 0 Å². The molecule has 80 valence electrons.